The number of fused-ring (bicyclic) bond motifs is 2. The molecule has 0 radical (unpaired) electrons. The van der Waals surface area contributed by atoms with E-state index in [0.29, 0.717) is 11.4 Å². The zero-order valence-electron chi connectivity index (χ0n) is 17.6. The van der Waals surface area contributed by atoms with Gasteiger partial charge in [0.15, 0.2) is 5.65 Å². The van der Waals surface area contributed by atoms with Gasteiger partial charge in [-0.1, -0.05) is 48.5 Å². The molecule has 3 heterocycles. The first kappa shape index (κ1) is 19.1. The number of piperidine rings is 1. The van der Waals surface area contributed by atoms with E-state index >= 15 is 0 Å². The number of rotatable bonds is 3. The van der Waals surface area contributed by atoms with E-state index in [1.165, 1.54) is 16.8 Å². The highest BCUT2D eigenvalue weighted by molar-refractivity contribution is 5.89. The summed E-state index contributed by atoms with van der Waals surface area (Å²) in [4.78, 5) is 9.75. The second-order valence-corrected chi connectivity index (χ2v) is 8.40. The number of imidazole rings is 1. The van der Waals surface area contributed by atoms with Crippen LogP contribution in [0.3, 0.4) is 0 Å². The van der Waals surface area contributed by atoms with Crippen LogP contribution in [0.5, 0.6) is 0 Å². The molecular formula is C27H23FN4. The van der Waals surface area contributed by atoms with E-state index in [0.717, 1.165) is 48.2 Å². The van der Waals surface area contributed by atoms with Crippen molar-refractivity contribution in [3.05, 3.63) is 84.8 Å². The summed E-state index contributed by atoms with van der Waals surface area (Å²) in [5.74, 6) is 0.404. The number of halogens is 1. The number of hydrogen-bond acceptors (Lipinski definition) is 3. The van der Waals surface area contributed by atoms with E-state index in [-0.39, 0.29) is 11.9 Å². The van der Waals surface area contributed by atoms with Gasteiger partial charge in [0.05, 0.1) is 5.56 Å². The van der Waals surface area contributed by atoms with Crippen LogP contribution in [0.25, 0.3) is 44.5 Å². The van der Waals surface area contributed by atoms with Crippen molar-refractivity contribution >= 4 is 21.9 Å². The molecule has 3 aromatic carbocycles. The maximum atomic E-state index is 14.8. The predicted molar refractivity (Wildman–Crippen MR) is 127 cm³/mol. The summed E-state index contributed by atoms with van der Waals surface area (Å²) in [6.07, 6.45) is 3.86. The zero-order chi connectivity index (χ0) is 21.5. The Morgan fingerprint density at radius 3 is 2.47 bits per heavy atom. The van der Waals surface area contributed by atoms with Crippen molar-refractivity contribution in [3.8, 4) is 22.5 Å². The van der Waals surface area contributed by atoms with Crippen LogP contribution in [-0.2, 0) is 0 Å². The first-order valence-electron chi connectivity index (χ1n) is 11.1. The van der Waals surface area contributed by atoms with Gasteiger partial charge in [0, 0.05) is 17.8 Å². The van der Waals surface area contributed by atoms with Gasteiger partial charge in [-0.05, 0) is 66.5 Å². The molecule has 6 rings (SSSR count). The Labute approximate surface area is 185 Å². The van der Waals surface area contributed by atoms with Gasteiger partial charge in [-0.15, -0.1) is 0 Å². The molecule has 32 heavy (non-hydrogen) atoms. The van der Waals surface area contributed by atoms with E-state index in [2.05, 4.69) is 52.3 Å². The summed E-state index contributed by atoms with van der Waals surface area (Å²) in [5, 5.41) is 5.81. The van der Waals surface area contributed by atoms with E-state index in [1.54, 1.807) is 12.1 Å². The topological polar surface area (TPSA) is 42.7 Å². The van der Waals surface area contributed by atoms with Gasteiger partial charge in [0.1, 0.15) is 17.2 Å². The van der Waals surface area contributed by atoms with Crippen LogP contribution in [0.1, 0.15) is 18.9 Å². The molecule has 0 aliphatic carbocycles. The minimum absolute atomic E-state index is 0.245. The lowest BCUT2D eigenvalue weighted by atomic mass is 10.0. The van der Waals surface area contributed by atoms with Crippen LogP contribution in [0.4, 0.5) is 4.39 Å². The fourth-order valence-corrected chi connectivity index (χ4v) is 4.75. The summed E-state index contributed by atoms with van der Waals surface area (Å²) in [5.41, 5.74) is 4.25. The Morgan fingerprint density at radius 1 is 0.844 bits per heavy atom. The molecule has 0 unspecified atom stereocenters. The van der Waals surface area contributed by atoms with Crippen LogP contribution in [0, 0.1) is 5.82 Å². The third kappa shape index (κ3) is 3.26. The Kier molecular flexibility index (Phi) is 4.69. The highest BCUT2D eigenvalue weighted by atomic mass is 19.1. The van der Waals surface area contributed by atoms with Gasteiger partial charge in [0.2, 0.25) is 0 Å². The number of aromatic nitrogens is 3. The first-order chi connectivity index (χ1) is 15.8. The van der Waals surface area contributed by atoms with Crippen molar-refractivity contribution in [2.75, 3.05) is 13.1 Å². The molecule has 1 fully saturated rings. The van der Waals surface area contributed by atoms with Crippen molar-refractivity contribution in [3.63, 3.8) is 0 Å². The van der Waals surface area contributed by atoms with E-state index in [9.17, 15) is 4.39 Å². The summed E-state index contributed by atoms with van der Waals surface area (Å²) in [7, 11) is 0. The summed E-state index contributed by atoms with van der Waals surface area (Å²) in [6, 6.07) is 24.0. The minimum Gasteiger partial charge on any atom is -0.317 e. The lowest BCUT2D eigenvalue weighted by molar-refractivity contribution is 0.376. The van der Waals surface area contributed by atoms with Crippen LogP contribution in [-0.4, -0.2) is 27.6 Å². The molecule has 4 nitrogen and oxygen atoms in total. The monoisotopic (exact) mass is 422 g/mol. The van der Waals surface area contributed by atoms with Crippen molar-refractivity contribution in [2.24, 2.45) is 0 Å². The third-order valence-corrected chi connectivity index (χ3v) is 6.40. The van der Waals surface area contributed by atoms with Crippen molar-refractivity contribution < 1.29 is 4.39 Å². The van der Waals surface area contributed by atoms with Gasteiger partial charge in [-0.25, -0.2) is 14.4 Å². The van der Waals surface area contributed by atoms with Crippen LogP contribution >= 0.6 is 0 Å². The van der Waals surface area contributed by atoms with Crippen LogP contribution in [0.15, 0.2) is 79.0 Å². The first-order valence-corrected chi connectivity index (χ1v) is 11.1. The molecule has 158 valence electrons. The second kappa shape index (κ2) is 7.84. The molecule has 1 N–H and O–H groups in total. The average Bonchev–Trinajstić information content (AvgIpc) is 3.23. The third-order valence-electron chi connectivity index (χ3n) is 6.40. The van der Waals surface area contributed by atoms with Gasteiger partial charge in [-0.3, -0.25) is 0 Å². The molecular weight excluding hydrogens is 399 g/mol. The Bertz CT molecular complexity index is 1430. The second-order valence-electron chi connectivity index (χ2n) is 8.40. The fraction of sp³-hybridized carbons (Fsp3) is 0.185. The highest BCUT2D eigenvalue weighted by Crippen LogP contribution is 2.34. The molecule has 1 saturated heterocycles. The smallest absolute Gasteiger partial charge is 0.160 e. The minimum atomic E-state index is -0.257. The Hall–Kier alpha value is -3.57. The summed E-state index contributed by atoms with van der Waals surface area (Å²) in [6.45, 7) is 1.88. The van der Waals surface area contributed by atoms with Crippen LogP contribution in [0.2, 0.25) is 0 Å². The molecule has 0 spiro atoms. The zero-order valence-corrected chi connectivity index (χ0v) is 17.6. The highest BCUT2D eigenvalue weighted by Gasteiger charge is 2.24. The molecule has 0 amide bonds. The SMILES string of the molecule is Fc1ccccc1-c1nc2cc(-c3ccc4ccccc4c3)cnc2n1C1CCNCC1. The van der Waals surface area contributed by atoms with E-state index in [4.69, 9.17) is 9.97 Å². The van der Waals surface area contributed by atoms with Crippen molar-refractivity contribution in [2.45, 2.75) is 18.9 Å². The largest absolute Gasteiger partial charge is 0.317 e. The Morgan fingerprint density at radius 2 is 1.62 bits per heavy atom. The molecule has 5 aromatic rings. The molecule has 0 saturated carbocycles. The maximum absolute atomic E-state index is 14.8. The number of nitrogens with zero attached hydrogens (tertiary/aromatic N) is 3. The van der Waals surface area contributed by atoms with Gasteiger partial charge in [0.25, 0.3) is 0 Å². The van der Waals surface area contributed by atoms with E-state index < -0.39 is 0 Å². The Balaban J connectivity index is 1.53. The van der Waals surface area contributed by atoms with E-state index in [1.807, 2.05) is 18.3 Å². The molecule has 1 aliphatic rings. The number of pyridine rings is 1. The quantitative estimate of drug-likeness (QED) is 0.389. The van der Waals surface area contributed by atoms with Crippen molar-refractivity contribution in [1.29, 1.82) is 0 Å². The predicted octanol–water partition coefficient (Wildman–Crippen LogP) is 5.98. The number of benzene rings is 3. The normalized spacial score (nSPS) is 14.9. The van der Waals surface area contributed by atoms with Crippen molar-refractivity contribution in [1.82, 2.24) is 19.9 Å². The van der Waals surface area contributed by atoms with Gasteiger partial charge < -0.3 is 9.88 Å². The lowest BCUT2D eigenvalue weighted by Crippen LogP contribution is -2.29. The molecule has 2 aromatic heterocycles. The summed E-state index contributed by atoms with van der Waals surface area (Å²) >= 11 is 0. The number of nitrogens with one attached hydrogen (secondary N) is 1. The molecule has 1 aliphatic heterocycles. The molecule has 0 bridgehead atoms. The summed E-state index contributed by atoms with van der Waals surface area (Å²) < 4.78 is 16.9. The van der Waals surface area contributed by atoms with Gasteiger partial charge in [-0.2, -0.15) is 0 Å². The molecule has 0 atom stereocenters. The lowest BCUT2D eigenvalue weighted by Gasteiger charge is -2.26. The maximum Gasteiger partial charge on any atom is 0.160 e. The molecule has 5 heteroatoms. The fourth-order valence-electron chi connectivity index (χ4n) is 4.75. The standard InChI is InChI=1S/C27H23FN4/c28-24-8-4-3-7-23(24)26-31-25-16-21(20-10-9-18-5-1-2-6-19(18)15-20)17-30-27(25)32(26)22-11-13-29-14-12-22/h1-10,15-17,22,29H,11-14H2. The van der Waals surface area contributed by atoms with Crippen LogP contribution < -0.4 is 5.32 Å². The van der Waals surface area contributed by atoms with Gasteiger partial charge >= 0.3 is 0 Å². The average molecular weight is 423 g/mol. The number of hydrogen-bond donors (Lipinski definition) is 1.